The molecule has 1 unspecified atom stereocenters. The molecule has 4 rings (SSSR count). The first-order valence-electron chi connectivity index (χ1n) is 9.34. The molecule has 0 spiro atoms. The number of fused-ring (bicyclic) bond motifs is 1. The van der Waals surface area contributed by atoms with Crippen molar-refractivity contribution in [1.82, 2.24) is 15.2 Å². The Hall–Kier alpha value is -1.68. The predicted octanol–water partition coefficient (Wildman–Crippen LogP) is 2.15. The quantitative estimate of drug-likeness (QED) is 0.626. The van der Waals surface area contributed by atoms with Crippen LogP contribution in [0.25, 0.3) is 5.57 Å². The Morgan fingerprint density at radius 2 is 2.21 bits per heavy atom. The van der Waals surface area contributed by atoms with E-state index in [1.165, 1.54) is 33.6 Å². The molecule has 1 aromatic heterocycles. The number of thiazole rings is 1. The van der Waals surface area contributed by atoms with E-state index in [0.717, 1.165) is 23.0 Å². The minimum Gasteiger partial charge on any atom is -0.477 e. The molecule has 9 heteroatoms. The van der Waals surface area contributed by atoms with E-state index in [4.69, 9.17) is 4.98 Å². The number of carbonyl (C=O) groups is 2. The van der Waals surface area contributed by atoms with Gasteiger partial charge in [0, 0.05) is 28.8 Å². The maximum Gasteiger partial charge on any atom is 0.353 e. The van der Waals surface area contributed by atoms with Crippen molar-refractivity contribution in [3.63, 3.8) is 0 Å². The van der Waals surface area contributed by atoms with Crippen LogP contribution in [-0.4, -0.2) is 56.7 Å². The molecule has 1 saturated heterocycles. The highest BCUT2D eigenvalue weighted by molar-refractivity contribution is 8.04. The van der Waals surface area contributed by atoms with Crippen LogP contribution in [0, 0.1) is 11.8 Å². The number of rotatable bonds is 5. The topological polar surface area (TPSA) is 103 Å². The number of aliphatic carboxylic acids is 1. The number of amides is 1. The monoisotopic (exact) mass is 421 g/mol. The number of aliphatic hydroxyl groups is 1. The SMILES string of the molecule is C[C@H]1CC(c2csc(SC3=C(C(=O)O)N4C(=O)[C@H]([C@@H](C)O)C4[C@H]3C)n2)=CCN1. The molecule has 0 saturated carbocycles. The molecule has 0 aliphatic carbocycles. The Labute approximate surface area is 171 Å². The molecule has 7 nitrogen and oxygen atoms in total. The Morgan fingerprint density at radius 3 is 2.86 bits per heavy atom. The molecule has 3 aliphatic heterocycles. The molecule has 3 N–H and O–H groups in total. The molecule has 0 radical (unpaired) electrons. The molecule has 5 atom stereocenters. The molecule has 1 fully saturated rings. The molecule has 1 aromatic rings. The Bertz CT molecular complexity index is 891. The smallest absolute Gasteiger partial charge is 0.353 e. The van der Waals surface area contributed by atoms with Crippen LogP contribution in [0.5, 0.6) is 0 Å². The Morgan fingerprint density at radius 1 is 1.46 bits per heavy atom. The number of thioether (sulfide) groups is 1. The largest absolute Gasteiger partial charge is 0.477 e. The molecule has 1 amide bonds. The summed E-state index contributed by atoms with van der Waals surface area (Å²) in [7, 11) is 0. The molecular weight excluding hydrogens is 398 g/mol. The van der Waals surface area contributed by atoms with Gasteiger partial charge in [0.05, 0.1) is 23.8 Å². The van der Waals surface area contributed by atoms with Gasteiger partial charge in [0.15, 0.2) is 4.34 Å². The van der Waals surface area contributed by atoms with E-state index in [9.17, 15) is 19.8 Å². The summed E-state index contributed by atoms with van der Waals surface area (Å²) < 4.78 is 0.770. The van der Waals surface area contributed by atoms with Crippen molar-refractivity contribution in [2.45, 2.75) is 49.7 Å². The summed E-state index contributed by atoms with van der Waals surface area (Å²) in [5.74, 6) is -2.12. The number of nitrogens with zero attached hydrogens (tertiary/aromatic N) is 2. The highest BCUT2D eigenvalue weighted by atomic mass is 32.2. The van der Waals surface area contributed by atoms with E-state index in [0.29, 0.717) is 10.9 Å². The third-order valence-corrected chi connectivity index (χ3v) is 7.89. The highest BCUT2D eigenvalue weighted by Gasteiger charge is 2.60. The van der Waals surface area contributed by atoms with Crippen LogP contribution in [0.15, 0.2) is 26.4 Å². The van der Waals surface area contributed by atoms with E-state index in [2.05, 4.69) is 18.3 Å². The lowest BCUT2D eigenvalue weighted by Gasteiger charge is -2.46. The van der Waals surface area contributed by atoms with Crippen LogP contribution in [0.2, 0.25) is 0 Å². The zero-order chi connectivity index (χ0) is 20.2. The van der Waals surface area contributed by atoms with Gasteiger partial charge >= 0.3 is 5.97 Å². The lowest BCUT2D eigenvalue weighted by Crippen LogP contribution is -2.63. The molecule has 0 aromatic carbocycles. The average molecular weight is 422 g/mol. The second-order valence-corrected chi connectivity index (χ2v) is 9.76. The van der Waals surface area contributed by atoms with Crippen LogP contribution < -0.4 is 5.32 Å². The zero-order valence-electron chi connectivity index (χ0n) is 15.9. The van der Waals surface area contributed by atoms with E-state index in [1.807, 2.05) is 12.3 Å². The van der Waals surface area contributed by atoms with Gasteiger partial charge in [0.1, 0.15) is 5.70 Å². The fourth-order valence-corrected chi connectivity index (χ4v) is 6.39. The van der Waals surface area contributed by atoms with Crippen molar-refractivity contribution in [1.29, 1.82) is 0 Å². The molecule has 150 valence electrons. The number of aliphatic hydroxyl groups excluding tert-OH is 1. The van der Waals surface area contributed by atoms with Crippen LogP contribution in [0.4, 0.5) is 0 Å². The Balaban J connectivity index is 1.60. The average Bonchev–Trinajstić information content (AvgIpc) is 3.18. The summed E-state index contributed by atoms with van der Waals surface area (Å²) in [6, 6.07) is 0.106. The summed E-state index contributed by atoms with van der Waals surface area (Å²) in [4.78, 5) is 31.0. The first-order valence-corrected chi connectivity index (χ1v) is 11.0. The Kier molecular flexibility index (Phi) is 5.11. The summed E-state index contributed by atoms with van der Waals surface area (Å²) in [6.07, 6.45) is 2.26. The van der Waals surface area contributed by atoms with E-state index >= 15 is 0 Å². The minimum absolute atomic E-state index is 0.0378. The third-order valence-electron chi connectivity index (χ3n) is 5.66. The van der Waals surface area contributed by atoms with Crippen molar-refractivity contribution in [2.75, 3.05) is 6.54 Å². The van der Waals surface area contributed by atoms with Gasteiger partial charge in [-0.15, -0.1) is 11.3 Å². The lowest BCUT2D eigenvalue weighted by atomic mass is 9.79. The normalized spacial score (nSPS) is 30.8. The summed E-state index contributed by atoms with van der Waals surface area (Å²) in [5.41, 5.74) is 2.18. The van der Waals surface area contributed by atoms with Gasteiger partial charge in [-0.1, -0.05) is 24.8 Å². The molecule has 28 heavy (non-hydrogen) atoms. The number of hydrogen-bond donors (Lipinski definition) is 3. The van der Waals surface area contributed by atoms with Gasteiger partial charge in [-0.25, -0.2) is 9.78 Å². The first kappa shape index (κ1) is 19.6. The number of hydrogen-bond acceptors (Lipinski definition) is 7. The van der Waals surface area contributed by atoms with Gasteiger partial charge in [-0.05, 0) is 25.8 Å². The predicted molar refractivity (Wildman–Crippen MR) is 108 cm³/mol. The number of carbonyl (C=O) groups excluding carboxylic acids is 1. The van der Waals surface area contributed by atoms with Gasteiger partial charge in [0.2, 0.25) is 5.91 Å². The van der Waals surface area contributed by atoms with Crippen molar-refractivity contribution in [3.05, 3.63) is 27.8 Å². The van der Waals surface area contributed by atoms with E-state index < -0.39 is 18.0 Å². The van der Waals surface area contributed by atoms with E-state index in [-0.39, 0.29) is 23.6 Å². The molecule has 4 heterocycles. The number of aromatic nitrogens is 1. The first-order chi connectivity index (χ1) is 13.3. The van der Waals surface area contributed by atoms with Gasteiger partial charge in [-0.2, -0.15) is 0 Å². The lowest BCUT2D eigenvalue weighted by molar-refractivity contribution is -0.163. The number of nitrogens with one attached hydrogen (secondary N) is 1. The maximum atomic E-state index is 12.4. The van der Waals surface area contributed by atoms with Crippen LogP contribution >= 0.6 is 23.1 Å². The number of β-lactam (4-membered cyclic amide) rings is 1. The molecular formula is C19H23N3O4S2. The second-order valence-electron chi connectivity index (χ2n) is 7.62. The minimum atomic E-state index is -1.11. The third kappa shape index (κ3) is 3.10. The highest BCUT2D eigenvalue weighted by Crippen LogP contribution is 2.52. The van der Waals surface area contributed by atoms with Crippen molar-refractivity contribution in [3.8, 4) is 0 Å². The fourth-order valence-electron chi connectivity index (χ4n) is 4.28. The van der Waals surface area contributed by atoms with Gasteiger partial charge in [0.25, 0.3) is 0 Å². The van der Waals surface area contributed by atoms with Crippen molar-refractivity contribution >= 4 is 40.5 Å². The fraction of sp³-hybridized carbons (Fsp3) is 0.526. The zero-order valence-corrected chi connectivity index (χ0v) is 17.5. The van der Waals surface area contributed by atoms with Gasteiger partial charge in [-0.3, -0.25) is 4.79 Å². The maximum absolute atomic E-state index is 12.4. The second kappa shape index (κ2) is 7.29. The van der Waals surface area contributed by atoms with Crippen LogP contribution in [0.1, 0.15) is 32.9 Å². The number of carboxylic acid groups (broad SMARTS) is 1. The standard InChI is InChI=1S/C19H23N3O4S2/c1-8-6-11(4-5-20-8)12-7-27-19(21-12)28-16-9(2)14-13(10(3)23)17(24)22(14)15(16)18(25)26/h4,7-10,13-14,20,23H,5-6H2,1-3H3,(H,25,26)/t8-,9+,10+,13+,14?/m0/s1. The van der Waals surface area contributed by atoms with Crippen LogP contribution in [0.3, 0.4) is 0 Å². The van der Waals surface area contributed by atoms with Crippen LogP contribution in [-0.2, 0) is 9.59 Å². The van der Waals surface area contributed by atoms with Gasteiger partial charge < -0.3 is 20.4 Å². The summed E-state index contributed by atoms with van der Waals surface area (Å²) in [6.45, 7) is 6.46. The molecule has 3 aliphatic rings. The summed E-state index contributed by atoms with van der Waals surface area (Å²) in [5, 5.41) is 25.0. The number of carboxylic acids is 1. The van der Waals surface area contributed by atoms with E-state index in [1.54, 1.807) is 6.92 Å². The van der Waals surface area contributed by atoms with Crippen molar-refractivity contribution < 1.29 is 19.8 Å². The summed E-state index contributed by atoms with van der Waals surface area (Å²) >= 11 is 2.82. The molecule has 0 bridgehead atoms. The van der Waals surface area contributed by atoms with Crippen molar-refractivity contribution in [2.24, 2.45) is 11.8 Å².